The number of nitrogens with zero attached hydrogens (tertiary/aromatic N) is 3. The van der Waals surface area contributed by atoms with Gasteiger partial charge in [0.1, 0.15) is 6.10 Å². The molecule has 2 heterocycles. The van der Waals surface area contributed by atoms with Crippen LogP contribution < -0.4 is 10.2 Å². The Morgan fingerprint density at radius 1 is 1.18 bits per heavy atom. The Kier molecular flexibility index (Phi) is 4.78. The van der Waals surface area contributed by atoms with Crippen LogP contribution in [0, 0.1) is 0 Å². The van der Waals surface area contributed by atoms with Crippen LogP contribution in [0.4, 0.5) is 11.6 Å². The Labute approximate surface area is 132 Å². The van der Waals surface area contributed by atoms with Gasteiger partial charge in [-0.2, -0.15) is 0 Å². The van der Waals surface area contributed by atoms with Gasteiger partial charge in [-0.1, -0.05) is 12.8 Å². The molecule has 1 aromatic rings. The highest BCUT2D eigenvalue weighted by molar-refractivity contribution is 5.59. The monoisotopic (exact) mass is 306 g/mol. The maximum absolute atomic E-state index is 6.25. The minimum Gasteiger partial charge on any atom is -0.364 e. The third kappa shape index (κ3) is 3.50. The van der Waals surface area contributed by atoms with Crippen molar-refractivity contribution in [3.8, 4) is 0 Å². The van der Waals surface area contributed by atoms with Crippen molar-refractivity contribution in [2.45, 2.75) is 50.4 Å². The van der Waals surface area contributed by atoms with Crippen LogP contribution in [0.15, 0.2) is 12.4 Å². The molecule has 22 heavy (non-hydrogen) atoms. The fourth-order valence-corrected chi connectivity index (χ4v) is 3.24. The van der Waals surface area contributed by atoms with E-state index in [1.54, 1.807) is 12.4 Å². The summed E-state index contributed by atoms with van der Waals surface area (Å²) in [5.41, 5.74) is 0. The smallest absolute Gasteiger partial charge is 0.171 e. The molecule has 1 saturated carbocycles. The highest BCUT2D eigenvalue weighted by atomic mass is 16.7. The van der Waals surface area contributed by atoms with E-state index in [-0.39, 0.29) is 11.9 Å². The molecule has 1 spiro atoms. The van der Waals surface area contributed by atoms with Crippen molar-refractivity contribution in [2.24, 2.45) is 0 Å². The highest BCUT2D eigenvalue weighted by Crippen LogP contribution is 2.36. The molecule has 1 aliphatic carbocycles. The minimum atomic E-state index is -0.324. The molecular weight excluding hydrogens is 280 g/mol. The first-order chi connectivity index (χ1) is 10.7. The number of hydrogen-bond donors (Lipinski definition) is 1. The molecule has 0 radical (unpaired) electrons. The molecule has 1 atom stereocenters. The summed E-state index contributed by atoms with van der Waals surface area (Å²) in [5, 5.41) is 3.35. The van der Waals surface area contributed by atoms with Crippen molar-refractivity contribution in [2.75, 3.05) is 37.5 Å². The summed E-state index contributed by atoms with van der Waals surface area (Å²) < 4.78 is 12.3. The van der Waals surface area contributed by atoms with Gasteiger partial charge in [0, 0.05) is 45.9 Å². The Hall–Kier alpha value is -1.40. The Balaban J connectivity index is 1.57. The van der Waals surface area contributed by atoms with Crippen LogP contribution in [0.25, 0.3) is 0 Å². The molecule has 0 amide bonds. The lowest BCUT2D eigenvalue weighted by Gasteiger charge is -2.26. The fourth-order valence-electron chi connectivity index (χ4n) is 3.24. The van der Waals surface area contributed by atoms with E-state index in [4.69, 9.17) is 9.47 Å². The van der Waals surface area contributed by atoms with Gasteiger partial charge >= 0.3 is 0 Å². The van der Waals surface area contributed by atoms with Crippen molar-refractivity contribution < 1.29 is 9.47 Å². The maximum Gasteiger partial charge on any atom is 0.171 e. The van der Waals surface area contributed by atoms with E-state index >= 15 is 0 Å². The summed E-state index contributed by atoms with van der Waals surface area (Å²) >= 11 is 0. The van der Waals surface area contributed by atoms with Crippen LogP contribution in [-0.4, -0.2) is 49.1 Å². The van der Waals surface area contributed by atoms with Crippen LogP contribution in [-0.2, 0) is 9.47 Å². The number of anilines is 2. The second-order valence-electron chi connectivity index (χ2n) is 6.38. The van der Waals surface area contributed by atoms with Crippen molar-refractivity contribution in [3.05, 3.63) is 12.4 Å². The van der Waals surface area contributed by atoms with Crippen LogP contribution in [0.1, 0.15) is 38.5 Å². The third-order valence-corrected chi connectivity index (χ3v) is 4.38. The summed E-state index contributed by atoms with van der Waals surface area (Å²) in [5.74, 6) is 1.30. The van der Waals surface area contributed by atoms with Gasteiger partial charge in [-0.3, -0.25) is 0 Å². The molecule has 1 unspecified atom stereocenters. The van der Waals surface area contributed by atoms with E-state index in [1.165, 1.54) is 25.7 Å². The van der Waals surface area contributed by atoms with Crippen LogP contribution >= 0.6 is 0 Å². The average Bonchev–Trinajstić information content (AvgIpc) is 2.77. The number of aromatic nitrogens is 2. The summed E-state index contributed by atoms with van der Waals surface area (Å²) in [4.78, 5) is 10.7. The predicted molar refractivity (Wildman–Crippen MR) is 86.1 cm³/mol. The van der Waals surface area contributed by atoms with Crippen LogP contribution in [0.3, 0.4) is 0 Å². The summed E-state index contributed by atoms with van der Waals surface area (Å²) in [6, 6.07) is 0. The minimum absolute atomic E-state index is 0.0788. The van der Waals surface area contributed by atoms with E-state index in [2.05, 4.69) is 15.3 Å². The molecule has 2 fully saturated rings. The highest BCUT2D eigenvalue weighted by Gasteiger charge is 2.41. The van der Waals surface area contributed by atoms with Crippen molar-refractivity contribution in [1.29, 1.82) is 0 Å². The summed E-state index contributed by atoms with van der Waals surface area (Å²) in [6.45, 7) is 1.35. The lowest BCUT2D eigenvalue weighted by Crippen LogP contribution is -2.32. The molecular formula is C16H26N4O2. The van der Waals surface area contributed by atoms with Gasteiger partial charge in [0.05, 0.1) is 6.61 Å². The zero-order chi connectivity index (χ0) is 15.4. The van der Waals surface area contributed by atoms with E-state index in [9.17, 15) is 0 Å². The van der Waals surface area contributed by atoms with Crippen LogP contribution in [0.5, 0.6) is 0 Å². The first-order valence-corrected chi connectivity index (χ1v) is 8.22. The molecule has 1 saturated heterocycles. The van der Waals surface area contributed by atoms with E-state index in [1.807, 2.05) is 19.0 Å². The van der Waals surface area contributed by atoms with Gasteiger partial charge in [0.15, 0.2) is 17.4 Å². The Morgan fingerprint density at radius 3 is 2.64 bits per heavy atom. The SMILES string of the molecule is CN(C)c1nccnc1NCC1COC2(CCCCCC2)O1. The van der Waals surface area contributed by atoms with Gasteiger partial charge in [0.25, 0.3) is 0 Å². The van der Waals surface area contributed by atoms with Crippen molar-refractivity contribution in [1.82, 2.24) is 9.97 Å². The quantitative estimate of drug-likeness (QED) is 0.922. The molecule has 0 aromatic carbocycles. The lowest BCUT2D eigenvalue weighted by molar-refractivity contribution is -0.174. The Morgan fingerprint density at radius 2 is 1.91 bits per heavy atom. The maximum atomic E-state index is 6.25. The number of hydrogen-bond acceptors (Lipinski definition) is 6. The van der Waals surface area contributed by atoms with E-state index in [0.717, 1.165) is 24.5 Å². The number of rotatable bonds is 4. The number of nitrogens with one attached hydrogen (secondary N) is 1. The van der Waals surface area contributed by atoms with Gasteiger partial charge < -0.3 is 19.7 Å². The molecule has 1 aliphatic heterocycles. The summed E-state index contributed by atoms with van der Waals surface area (Å²) in [6.07, 6.45) is 10.5. The largest absolute Gasteiger partial charge is 0.364 e. The van der Waals surface area contributed by atoms with Crippen molar-refractivity contribution >= 4 is 11.6 Å². The third-order valence-electron chi connectivity index (χ3n) is 4.38. The van der Waals surface area contributed by atoms with E-state index in [0.29, 0.717) is 13.2 Å². The number of ether oxygens (including phenoxy) is 2. The zero-order valence-corrected chi connectivity index (χ0v) is 13.5. The molecule has 2 aliphatic rings. The normalized spacial score (nSPS) is 24.2. The molecule has 122 valence electrons. The molecule has 0 bridgehead atoms. The Bertz CT molecular complexity index is 487. The standard InChI is InChI=1S/C16H26N4O2/c1-20(2)15-14(17-9-10-18-15)19-11-13-12-21-16(22-13)7-5-3-4-6-8-16/h9-10,13H,3-8,11-12H2,1-2H3,(H,17,19). The second kappa shape index (κ2) is 6.79. The van der Waals surface area contributed by atoms with Gasteiger partial charge in [-0.15, -0.1) is 0 Å². The predicted octanol–water partition coefficient (Wildman–Crippen LogP) is 2.42. The topological polar surface area (TPSA) is 59.5 Å². The van der Waals surface area contributed by atoms with Crippen molar-refractivity contribution in [3.63, 3.8) is 0 Å². The first kappa shape index (κ1) is 15.5. The van der Waals surface area contributed by atoms with E-state index < -0.39 is 0 Å². The van der Waals surface area contributed by atoms with Gasteiger partial charge in [-0.25, -0.2) is 9.97 Å². The fraction of sp³-hybridized carbons (Fsp3) is 0.750. The zero-order valence-electron chi connectivity index (χ0n) is 13.5. The molecule has 1 N–H and O–H groups in total. The summed E-state index contributed by atoms with van der Waals surface area (Å²) in [7, 11) is 3.93. The average molecular weight is 306 g/mol. The van der Waals surface area contributed by atoms with Gasteiger partial charge in [-0.05, 0) is 12.8 Å². The molecule has 6 heteroatoms. The second-order valence-corrected chi connectivity index (χ2v) is 6.38. The lowest BCUT2D eigenvalue weighted by atomic mass is 10.1. The molecule has 6 nitrogen and oxygen atoms in total. The molecule has 1 aromatic heterocycles. The molecule has 3 rings (SSSR count). The van der Waals surface area contributed by atoms with Gasteiger partial charge in [0.2, 0.25) is 0 Å². The first-order valence-electron chi connectivity index (χ1n) is 8.22. The van der Waals surface area contributed by atoms with Crippen LogP contribution in [0.2, 0.25) is 0 Å².